The van der Waals surface area contributed by atoms with Gasteiger partial charge >= 0.3 is 0 Å². The summed E-state index contributed by atoms with van der Waals surface area (Å²) in [5, 5.41) is 3.42. The van der Waals surface area contributed by atoms with Crippen LogP contribution in [0.5, 0.6) is 0 Å². The number of likely N-dealkylation sites (N-methyl/N-ethyl adjacent to an activating group) is 1. The van der Waals surface area contributed by atoms with Crippen molar-refractivity contribution in [2.24, 2.45) is 0 Å². The van der Waals surface area contributed by atoms with Crippen LogP contribution in [0.1, 0.15) is 24.2 Å². The van der Waals surface area contributed by atoms with Gasteiger partial charge in [0.05, 0.1) is 11.7 Å². The van der Waals surface area contributed by atoms with Gasteiger partial charge in [-0.2, -0.15) is 0 Å². The van der Waals surface area contributed by atoms with E-state index in [-0.39, 0.29) is 6.04 Å². The molecule has 4 heteroatoms. The second kappa shape index (κ2) is 6.06. The molecule has 0 aliphatic carbocycles. The van der Waals surface area contributed by atoms with Crippen molar-refractivity contribution >= 4 is 0 Å². The first-order valence-electron chi connectivity index (χ1n) is 5.78. The molecule has 0 aromatic carbocycles. The Morgan fingerprint density at radius 3 is 2.71 bits per heavy atom. The van der Waals surface area contributed by atoms with Gasteiger partial charge in [-0.1, -0.05) is 13.0 Å². The Kier molecular flexibility index (Phi) is 4.16. The molecule has 2 aromatic heterocycles. The molecule has 88 valence electrons. The summed E-state index contributed by atoms with van der Waals surface area (Å²) in [5.74, 6) is 0. The van der Waals surface area contributed by atoms with E-state index in [4.69, 9.17) is 0 Å². The van der Waals surface area contributed by atoms with E-state index in [0.29, 0.717) is 0 Å². The highest BCUT2D eigenvalue weighted by molar-refractivity contribution is 5.14. The van der Waals surface area contributed by atoms with Crippen LogP contribution in [0.25, 0.3) is 0 Å². The van der Waals surface area contributed by atoms with Crippen molar-refractivity contribution in [2.75, 3.05) is 6.54 Å². The number of nitrogens with zero attached hydrogens (tertiary/aromatic N) is 3. The standard InChI is InChI=1S/C13H16N4/c1-2-16-12(13-10-15-6-7-17-13)8-11-4-3-5-14-9-11/h3-7,9-10,12,16H,2,8H2,1H3. The third-order valence-electron chi connectivity index (χ3n) is 2.55. The maximum absolute atomic E-state index is 4.35. The van der Waals surface area contributed by atoms with Crippen molar-refractivity contribution in [1.29, 1.82) is 0 Å². The zero-order valence-corrected chi connectivity index (χ0v) is 9.87. The molecule has 1 N–H and O–H groups in total. The maximum atomic E-state index is 4.35. The molecular formula is C13H16N4. The van der Waals surface area contributed by atoms with Crippen molar-refractivity contribution in [3.8, 4) is 0 Å². The minimum atomic E-state index is 0.193. The van der Waals surface area contributed by atoms with E-state index in [1.165, 1.54) is 5.56 Å². The zero-order valence-electron chi connectivity index (χ0n) is 9.87. The third kappa shape index (κ3) is 3.32. The number of aromatic nitrogens is 3. The molecule has 2 aromatic rings. The fraction of sp³-hybridized carbons (Fsp3) is 0.308. The second-order valence-electron chi connectivity index (χ2n) is 3.81. The largest absolute Gasteiger partial charge is 0.309 e. The fourth-order valence-corrected chi connectivity index (χ4v) is 1.77. The SMILES string of the molecule is CCNC(Cc1cccnc1)c1cnccn1. The summed E-state index contributed by atoms with van der Waals surface area (Å²) >= 11 is 0. The van der Waals surface area contributed by atoms with Gasteiger partial charge in [-0.25, -0.2) is 0 Å². The first-order chi connectivity index (χ1) is 8.40. The predicted octanol–water partition coefficient (Wildman–Crippen LogP) is 1.76. The average molecular weight is 228 g/mol. The molecule has 0 bridgehead atoms. The van der Waals surface area contributed by atoms with Crippen LogP contribution in [0.2, 0.25) is 0 Å². The lowest BCUT2D eigenvalue weighted by Crippen LogP contribution is -2.24. The van der Waals surface area contributed by atoms with Crippen LogP contribution in [0, 0.1) is 0 Å². The van der Waals surface area contributed by atoms with Crippen molar-refractivity contribution in [3.05, 3.63) is 54.4 Å². The van der Waals surface area contributed by atoms with E-state index >= 15 is 0 Å². The highest BCUT2D eigenvalue weighted by Gasteiger charge is 2.12. The van der Waals surface area contributed by atoms with Gasteiger partial charge in [-0.15, -0.1) is 0 Å². The van der Waals surface area contributed by atoms with Crippen LogP contribution >= 0.6 is 0 Å². The van der Waals surface area contributed by atoms with E-state index in [1.807, 2.05) is 18.5 Å². The van der Waals surface area contributed by atoms with Gasteiger partial charge in [0.1, 0.15) is 0 Å². The quantitative estimate of drug-likeness (QED) is 0.847. The van der Waals surface area contributed by atoms with Crippen molar-refractivity contribution in [1.82, 2.24) is 20.3 Å². The lowest BCUT2D eigenvalue weighted by Gasteiger charge is -2.16. The van der Waals surface area contributed by atoms with E-state index in [2.05, 4.69) is 33.3 Å². The Labute approximate surface area is 101 Å². The normalized spacial score (nSPS) is 12.3. The minimum Gasteiger partial charge on any atom is -0.309 e. The van der Waals surface area contributed by atoms with Gasteiger partial charge in [0, 0.05) is 31.0 Å². The van der Waals surface area contributed by atoms with Crippen LogP contribution < -0.4 is 5.32 Å². The average Bonchev–Trinajstić information content (AvgIpc) is 2.40. The summed E-state index contributed by atoms with van der Waals surface area (Å²) in [4.78, 5) is 12.6. The molecule has 2 heterocycles. The molecular weight excluding hydrogens is 212 g/mol. The Hall–Kier alpha value is -1.81. The summed E-state index contributed by atoms with van der Waals surface area (Å²) in [7, 11) is 0. The van der Waals surface area contributed by atoms with Crippen molar-refractivity contribution in [2.45, 2.75) is 19.4 Å². The van der Waals surface area contributed by atoms with Crippen LogP contribution in [0.3, 0.4) is 0 Å². The van der Waals surface area contributed by atoms with Crippen LogP contribution in [-0.2, 0) is 6.42 Å². The van der Waals surface area contributed by atoms with E-state index in [0.717, 1.165) is 18.7 Å². The number of hydrogen-bond acceptors (Lipinski definition) is 4. The fourth-order valence-electron chi connectivity index (χ4n) is 1.77. The van der Waals surface area contributed by atoms with Gasteiger partial charge in [-0.3, -0.25) is 15.0 Å². The van der Waals surface area contributed by atoms with Crippen LogP contribution in [0.4, 0.5) is 0 Å². The highest BCUT2D eigenvalue weighted by Crippen LogP contribution is 2.14. The van der Waals surface area contributed by atoms with Crippen molar-refractivity contribution < 1.29 is 0 Å². The Balaban J connectivity index is 2.13. The lowest BCUT2D eigenvalue weighted by molar-refractivity contribution is 0.534. The molecule has 0 spiro atoms. The van der Waals surface area contributed by atoms with Crippen LogP contribution in [-0.4, -0.2) is 21.5 Å². The molecule has 1 atom stereocenters. The Morgan fingerprint density at radius 2 is 2.06 bits per heavy atom. The summed E-state index contributed by atoms with van der Waals surface area (Å²) < 4.78 is 0. The number of pyridine rings is 1. The molecule has 17 heavy (non-hydrogen) atoms. The molecule has 0 saturated heterocycles. The molecule has 1 unspecified atom stereocenters. The summed E-state index contributed by atoms with van der Waals surface area (Å²) in [6, 6.07) is 4.22. The summed E-state index contributed by atoms with van der Waals surface area (Å²) in [6.07, 6.45) is 9.78. The smallest absolute Gasteiger partial charge is 0.0759 e. The topological polar surface area (TPSA) is 50.7 Å². The highest BCUT2D eigenvalue weighted by atomic mass is 14.9. The molecule has 4 nitrogen and oxygen atoms in total. The third-order valence-corrected chi connectivity index (χ3v) is 2.55. The van der Waals surface area contributed by atoms with E-state index in [1.54, 1.807) is 18.6 Å². The molecule has 0 amide bonds. The summed E-state index contributed by atoms with van der Waals surface area (Å²) in [5.41, 5.74) is 2.17. The monoisotopic (exact) mass is 228 g/mol. The van der Waals surface area contributed by atoms with Crippen molar-refractivity contribution in [3.63, 3.8) is 0 Å². The Morgan fingerprint density at radius 1 is 1.18 bits per heavy atom. The van der Waals surface area contributed by atoms with E-state index < -0.39 is 0 Å². The van der Waals surface area contributed by atoms with Gasteiger partial charge in [0.2, 0.25) is 0 Å². The van der Waals surface area contributed by atoms with Gasteiger partial charge < -0.3 is 5.32 Å². The molecule has 0 fully saturated rings. The maximum Gasteiger partial charge on any atom is 0.0759 e. The molecule has 2 rings (SSSR count). The zero-order chi connectivity index (χ0) is 11.9. The first kappa shape index (κ1) is 11.7. The second-order valence-corrected chi connectivity index (χ2v) is 3.81. The molecule has 0 aliphatic rings. The lowest BCUT2D eigenvalue weighted by atomic mass is 10.1. The molecule has 0 saturated carbocycles. The Bertz CT molecular complexity index is 430. The van der Waals surface area contributed by atoms with Gasteiger partial charge in [-0.05, 0) is 24.6 Å². The van der Waals surface area contributed by atoms with Gasteiger partial charge in [0.15, 0.2) is 0 Å². The summed E-state index contributed by atoms with van der Waals surface area (Å²) in [6.45, 7) is 2.99. The number of nitrogens with one attached hydrogen (secondary N) is 1. The molecule has 0 radical (unpaired) electrons. The number of rotatable bonds is 5. The first-order valence-corrected chi connectivity index (χ1v) is 5.78. The number of hydrogen-bond donors (Lipinski definition) is 1. The molecule has 0 aliphatic heterocycles. The predicted molar refractivity (Wildman–Crippen MR) is 66.4 cm³/mol. The van der Waals surface area contributed by atoms with Gasteiger partial charge in [0.25, 0.3) is 0 Å². The van der Waals surface area contributed by atoms with E-state index in [9.17, 15) is 0 Å². The minimum absolute atomic E-state index is 0.193. The van der Waals surface area contributed by atoms with Crippen LogP contribution in [0.15, 0.2) is 43.1 Å².